The minimum absolute atomic E-state index is 0.411. The highest BCUT2D eigenvalue weighted by Crippen LogP contribution is 2.32. The van der Waals surface area contributed by atoms with Crippen molar-refractivity contribution in [2.45, 2.75) is 25.4 Å². The number of ether oxygens (including phenoxy) is 2. The second-order valence-electron chi connectivity index (χ2n) is 4.48. The Morgan fingerprint density at radius 3 is 2.67 bits per heavy atom. The molecule has 2 unspecified atom stereocenters. The van der Waals surface area contributed by atoms with Crippen molar-refractivity contribution in [1.29, 1.82) is 0 Å². The highest BCUT2D eigenvalue weighted by Gasteiger charge is 2.22. The van der Waals surface area contributed by atoms with Crippen LogP contribution in [0.2, 0.25) is 0 Å². The Morgan fingerprint density at radius 2 is 2.00 bits per heavy atom. The number of hydrogen-bond donors (Lipinski definition) is 1. The van der Waals surface area contributed by atoms with Gasteiger partial charge in [-0.15, -0.1) is 0 Å². The monoisotopic (exact) mass is 267 g/mol. The van der Waals surface area contributed by atoms with Crippen molar-refractivity contribution in [2.75, 3.05) is 25.7 Å². The van der Waals surface area contributed by atoms with E-state index in [0.29, 0.717) is 12.1 Å². The Morgan fingerprint density at radius 1 is 1.22 bits per heavy atom. The third-order valence-electron chi connectivity index (χ3n) is 3.34. The molecule has 1 fully saturated rings. The van der Waals surface area contributed by atoms with Crippen LogP contribution in [0.25, 0.3) is 0 Å². The van der Waals surface area contributed by atoms with Crippen LogP contribution >= 0.6 is 11.8 Å². The molecule has 1 aliphatic rings. The fourth-order valence-corrected chi connectivity index (χ4v) is 3.48. The zero-order chi connectivity index (χ0) is 13.0. The molecule has 1 saturated heterocycles. The van der Waals surface area contributed by atoms with Crippen molar-refractivity contribution < 1.29 is 9.47 Å². The van der Waals surface area contributed by atoms with Crippen LogP contribution in [0.5, 0.6) is 11.5 Å². The van der Waals surface area contributed by atoms with Crippen molar-refractivity contribution in [2.24, 2.45) is 0 Å². The maximum Gasteiger partial charge on any atom is 0.161 e. The molecule has 0 radical (unpaired) electrons. The lowest BCUT2D eigenvalue weighted by molar-refractivity contribution is 0.353. The predicted octanol–water partition coefficient (Wildman–Crippen LogP) is 2.86. The van der Waals surface area contributed by atoms with Crippen LogP contribution in [-0.4, -0.2) is 31.8 Å². The predicted molar refractivity (Wildman–Crippen MR) is 76.8 cm³/mol. The van der Waals surface area contributed by atoms with E-state index in [4.69, 9.17) is 9.47 Å². The number of benzene rings is 1. The van der Waals surface area contributed by atoms with Crippen molar-refractivity contribution >= 4 is 11.8 Å². The lowest BCUT2D eigenvalue weighted by atomic mass is 10.1. The van der Waals surface area contributed by atoms with Crippen LogP contribution in [-0.2, 0) is 0 Å². The smallest absolute Gasteiger partial charge is 0.161 e. The molecule has 4 heteroatoms. The molecule has 2 atom stereocenters. The molecule has 1 N–H and O–H groups in total. The van der Waals surface area contributed by atoms with Gasteiger partial charge < -0.3 is 14.8 Å². The minimum atomic E-state index is 0.411. The van der Waals surface area contributed by atoms with E-state index in [-0.39, 0.29) is 0 Å². The van der Waals surface area contributed by atoms with Gasteiger partial charge in [-0.3, -0.25) is 0 Å². The molecule has 0 saturated carbocycles. The Balaban J connectivity index is 2.17. The maximum atomic E-state index is 5.36. The van der Waals surface area contributed by atoms with Crippen molar-refractivity contribution in [1.82, 2.24) is 5.32 Å². The summed E-state index contributed by atoms with van der Waals surface area (Å²) in [5.74, 6) is 3.92. The molecule has 0 aliphatic carbocycles. The highest BCUT2D eigenvalue weighted by atomic mass is 32.2. The van der Waals surface area contributed by atoms with E-state index in [0.717, 1.165) is 17.3 Å². The van der Waals surface area contributed by atoms with E-state index in [1.165, 1.54) is 17.7 Å². The molecule has 1 aromatic rings. The Labute approximate surface area is 113 Å². The van der Waals surface area contributed by atoms with Gasteiger partial charge in [-0.25, -0.2) is 0 Å². The van der Waals surface area contributed by atoms with E-state index >= 15 is 0 Å². The summed E-state index contributed by atoms with van der Waals surface area (Å²) in [6.07, 6.45) is 1.18. The lowest BCUT2D eigenvalue weighted by Crippen LogP contribution is -2.39. The van der Waals surface area contributed by atoms with Crippen LogP contribution in [0.4, 0.5) is 0 Å². The molecule has 0 spiro atoms. The number of rotatable bonds is 4. The Kier molecular flexibility index (Phi) is 4.78. The van der Waals surface area contributed by atoms with Gasteiger partial charge in [0.05, 0.1) is 14.2 Å². The van der Waals surface area contributed by atoms with Crippen LogP contribution < -0.4 is 14.8 Å². The topological polar surface area (TPSA) is 30.5 Å². The molecule has 18 heavy (non-hydrogen) atoms. The maximum absolute atomic E-state index is 5.36. The van der Waals surface area contributed by atoms with E-state index in [9.17, 15) is 0 Å². The molecular weight excluding hydrogens is 246 g/mol. The molecule has 3 nitrogen and oxygen atoms in total. The van der Waals surface area contributed by atoms with Gasteiger partial charge in [0, 0.05) is 23.6 Å². The lowest BCUT2D eigenvalue weighted by Gasteiger charge is -2.30. The molecule has 0 amide bonds. The van der Waals surface area contributed by atoms with Gasteiger partial charge >= 0.3 is 0 Å². The van der Waals surface area contributed by atoms with Crippen LogP contribution in [0.1, 0.15) is 24.9 Å². The van der Waals surface area contributed by atoms with Gasteiger partial charge in [0.15, 0.2) is 11.5 Å². The standard InChI is InChI=1S/C14H21NO2S/c1-4-11-8-18-9-12(15-11)10-5-6-13(16-2)14(7-10)17-3/h5-7,11-12,15H,4,8-9H2,1-3H3. The van der Waals surface area contributed by atoms with Crippen molar-refractivity contribution in [3.8, 4) is 11.5 Å². The first kappa shape index (κ1) is 13.6. The Bertz CT molecular complexity index is 397. The molecule has 0 bridgehead atoms. The number of thioether (sulfide) groups is 1. The van der Waals surface area contributed by atoms with E-state index in [1.54, 1.807) is 14.2 Å². The first-order valence-electron chi connectivity index (χ1n) is 6.34. The normalized spacial score (nSPS) is 23.7. The SMILES string of the molecule is CCC1CSCC(c2ccc(OC)c(OC)c2)N1. The van der Waals surface area contributed by atoms with Gasteiger partial charge in [-0.05, 0) is 24.1 Å². The second-order valence-corrected chi connectivity index (χ2v) is 5.55. The number of nitrogens with one attached hydrogen (secondary N) is 1. The first-order valence-corrected chi connectivity index (χ1v) is 7.49. The highest BCUT2D eigenvalue weighted by molar-refractivity contribution is 7.99. The third-order valence-corrected chi connectivity index (χ3v) is 4.55. The number of methoxy groups -OCH3 is 2. The molecule has 1 heterocycles. The van der Waals surface area contributed by atoms with E-state index in [1.807, 2.05) is 17.8 Å². The van der Waals surface area contributed by atoms with Crippen LogP contribution in [0.15, 0.2) is 18.2 Å². The van der Waals surface area contributed by atoms with E-state index < -0.39 is 0 Å². The summed E-state index contributed by atoms with van der Waals surface area (Å²) in [6.45, 7) is 2.23. The van der Waals surface area contributed by atoms with Gasteiger partial charge in [0.1, 0.15) is 0 Å². The van der Waals surface area contributed by atoms with Crippen molar-refractivity contribution in [3.05, 3.63) is 23.8 Å². The first-order chi connectivity index (χ1) is 8.78. The molecule has 1 aliphatic heterocycles. The van der Waals surface area contributed by atoms with Gasteiger partial charge in [-0.2, -0.15) is 11.8 Å². The molecule has 1 aromatic carbocycles. The minimum Gasteiger partial charge on any atom is -0.493 e. The van der Waals surface area contributed by atoms with Crippen LogP contribution in [0.3, 0.4) is 0 Å². The zero-order valence-electron chi connectivity index (χ0n) is 11.2. The fraction of sp³-hybridized carbons (Fsp3) is 0.571. The largest absolute Gasteiger partial charge is 0.493 e. The summed E-state index contributed by atoms with van der Waals surface area (Å²) in [4.78, 5) is 0. The molecular formula is C14H21NO2S. The zero-order valence-corrected chi connectivity index (χ0v) is 12.0. The average Bonchev–Trinajstić information content (AvgIpc) is 2.46. The number of hydrogen-bond acceptors (Lipinski definition) is 4. The van der Waals surface area contributed by atoms with Crippen molar-refractivity contribution in [3.63, 3.8) is 0 Å². The van der Waals surface area contributed by atoms with Gasteiger partial charge in [0.2, 0.25) is 0 Å². The summed E-state index contributed by atoms with van der Waals surface area (Å²) in [6, 6.07) is 7.21. The van der Waals surface area contributed by atoms with E-state index in [2.05, 4.69) is 24.4 Å². The summed E-state index contributed by atoms with van der Waals surface area (Å²) in [7, 11) is 3.35. The average molecular weight is 267 g/mol. The van der Waals surface area contributed by atoms with Crippen LogP contribution in [0, 0.1) is 0 Å². The van der Waals surface area contributed by atoms with Gasteiger partial charge in [0.25, 0.3) is 0 Å². The third kappa shape index (κ3) is 2.93. The molecule has 2 rings (SSSR count). The molecule has 100 valence electrons. The summed E-state index contributed by atoms with van der Waals surface area (Å²) < 4.78 is 10.6. The quantitative estimate of drug-likeness (QED) is 0.908. The summed E-state index contributed by atoms with van der Waals surface area (Å²) in [5.41, 5.74) is 1.28. The fourth-order valence-electron chi connectivity index (χ4n) is 2.21. The Hall–Kier alpha value is -0.870. The summed E-state index contributed by atoms with van der Waals surface area (Å²) in [5, 5.41) is 3.69. The molecule has 0 aromatic heterocycles. The second kappa shape index (κ2) is 6.34. The van der Waals surface area contributed by atoms with Gasteiger partial charge in [-0.1, -0.05) is 13.0 Å². The summed E-state index contributed by atoms with van der Waals surface area (Å²) >= 11 is 2.02.